The van der Waals surface area contributed by atoms with Gasteiger partial charge in [-0.05, 0) is 32.9 Å². The van der Waals surface area contributed by atoms with E-state index in [9.17, 15) is 4.79 Å². The number of ether oxygens (including phenoxy) is 1. The highest BCUT2D eigenvalue weighted by atomic mass is 16.5. The van der Waals surface area contributed by atoms with Crippen molar-refractivity contribution in [2.75, 3.05) is 7.11 Å². The van der Waals surface area contributed by atoms with E-state index in [0.717, 1.165) is 28.3 Å². The third-order valence-corrected chi connectivity index (χ3v) is 3.51. The van der Waals surface area contributed by atoms with E-state index in [1.165, 1.54) is 0 Å². The molecule has 1 unspecified atom stereocenters. The largest absolute Gasteiger partial charge is 0.496 e. The van der Waals surface area contributed by atoms with Crippen molar-refractivity contribution in [3.63, 3.8) is 0 Å². The van der Waals surface area contributed by atoms with Crippen LogP contribution in [0.3, 0.4) is 0 Å². The average Bonchev–Trinajstić information content (AvgIpc) is 2.42. The zero-order chi connectivity index (χ0) is 15.6. The predicted molar refractivity (Wildman–Crippen MR) is 82.6 cm³/mol. The number of nitrogens with two attached hydrogens (primary N) is 1. The maximum absolute atomic E-state index is 12.0. The van der Waals surface area contributed by atoms with Crippen molar-refractivity contribution in [2.45, 2.75) is 33.4 Å². The number of rotatable bonds is 4. The number of benzene rings is 1. The first-order valence-electron chi connectivity index (χ1n) is 6.87. The highest BCUT2D eigenvalue weighted by molar-refractivity contribution is 5.39. The summed E-state index contributed by atoms with van der Waals surface area (Å²) in [6, 6.07) is 7.40. The van der Waals surface area contributed by atoms with Gasteiger partial charge in [0.05, 0.1) is 13.2 Å². The molecule has 1 atom stereocenters. The highest BCUT2D eigenvalue weighted by Crippen LogP contribution is 2.25. The smallest absolute Gasteiger partial charge is 0.348 e. The molecule has 0 amide bonds. The Bertz CT molecular complexity index is 707. The number of hydrogen-bond donors (Lipinski definition) is 1. The SMILES string of the molecule is COc1ccc(C)cc1C(N)Cn1c(C)cc(C)nc1=O. The van der Waals surface area contributed by atoms with E-state index in [2.05, 4.69) is 4.98 Å². The Balaban J connectivity index is 2.37. The molecule has 0 aliphatic rings. The maximum Gasteiger partial charge on any atom is 0.348 e. The standard InChI is InChI=1S/C16H21N3O2/c1-10-5-6-15(21-4)13(7-10)14(17)9-19-12(3)8-11(2)18-16(19)20/h5-8,14H,9,17H2,1-4H3. The lowest BCUT2D eigenvalue weighted by Gasteiger charge is -2.19. The molecular weight excluding hydrogens is 266 g/mol. The minimum Gasteiger partial charge on any atom is -0.496 e. The number of aromatic nitrogens is 2. The van der Waals surface area contributed by atoms with Gasteiger partial charge in [-0.1, -0.05) is 17.7 Å². The summed E-state index contributed by atoms with van der Waals surface area (Å²) >= 11 is 0. The van der Waals surface area contributed by atoms with Crippen LogP contribution in [0.5, 0.6) is 5.75 Å². The first kappa shape index (κ1) is 15.3. The van der Waals surface area contributed by atoms with E-state index in [1.54, 1.807) is 11.7 Å². The van der Waals surface area contributed by atoms with Gasteiger partial charge < -0.3 is 10.5 Å². The molecule has 0 aliphatic heterocycles. The minimum atomic E-state index is -0.333. The summed E-state index contributed by atoms with van der Waals surface area (Å²) in [5.74, 6) is 0.735. The minimum absolute atomic E-state index is 0.269. The van der Waals surface area contributed by atoms with Crippen molar-refractivity contribution in [2.24, 2.45) is 5.73 Å². The first-order chi connectivity index (χ1) is 9.92. The van der Waals surface area contributed by atoms with Crippen LogP contribution in [0.4, 0.5) is 0 Å². The Morgan fingerprint density at radius 2 is 2.00 bits per heavy atom. The van der Waals surface area contributed by atoms with Crippen molar-refractivity contribution in [3.8, 4) is 5.75 Å². The van der Waals surface area contributed by atoms with Gasteiger partial charge in [0.2, 0.25) is 0 Å². The Kier molecular flexibility index (Phi) is 4.43. The fourth-order valence-electron chi connectivity index (χ4n) is 2.44. The van der Waals surface area contributed by atoms with Crippen LogP contribution in [0.25, 0.3) is 0 Å². The summed E-state index contributed by atoms with van der Waals surface area (Å²) in [5, 5.41) is 0. The molecule has 0 aliphatic carbocycles. The van der Waals surface area contributed by atoms with Gasteiger partial charge in [0.25, 0.3) is 0 Å². The summed E-state index contributed by atoms with van der Waals surface area (Å²) in [6.45, 7) is 6.07. The molecule has 0 saturated heterocycles. The number of aryl methyl sites for hydroxylation is 3. The molecule has 1 aromatic carbocycles. The van der Waals surface area contributed by atoms with Gasteiger partial charge in [-0.15, -0.1) is 0 Å². The normalized spacial score (nSPS) is 12.2. The molecule has 1 aromatic heterocycles. The van der Waals surface area contributed by atoms with E-state index >= 15 is 0 Å². The summed E-state index contributed by atoms with van der Waals surface area (Å²) in [6.07, 6.45) is 0. The van der Waals surface area contributed by atoms with Crippen LogP contribution < -0.4 is 16.2 Å². The molecule has 112 valence electrons. The molecule has 5 nitrogen and oxygen atoms in total. The number of methoxy groups -OCH3 is 1. The predicted octanol–water partition coefficient (Wildman–Crippen LogP) is 1.88. The zero-order valence-corrected chi connectivity index (χ0v) is 12.9. The molecule has 2 aromatic rings. The van der Waals surface area contributed by atoms with Crippen LogP contribution in [0.2, 0.25) is 0 Å². The summed E-state index contributed by atoms with van der Waals surface area (Å²) in [5.41, 5.74) is 9.58. The molecule has 2 rings (SSSR count). The van der Waals surface area contributed by atoms with Crippen LogP contribution in [0, 0.1) is 20.8 Å². The monoisotopic (exact) mass is 287 g/mol. The summed E-state index contributed by atoms with van der Waals surface area (Å²) in [4.78, 5) is 16.0. The summed E-state index contributed by atoms with van der Waals surface area (Å²) < 4.78 is 6.95. The van der Waals surface area contributed by atoms with Crippen LogP contribution in [0.1, 0.15) is 28.6 Å². The average molecular weight is 287 g/mol. The van der Waals surface area contributed by atoms with Gasteiger partial charge in [0.1, 0.15) is 5.75 Å². The fourth-order valence-corrected chi connectivity index (χ4v) is 2.44. The van der Waals surface area contributed by atoms with Crippen molar-refractivity contribution >= 4 is 0 Å². The van der Waals surface area contributed by atoms with Gasteiger partial charge >= 0.3 is 5.69 Å². The molecular formula is C16H21N3O2. The second-order valence-electron chi connectivity index (χ2n) is 5.28. The maximum atomic E-state index is 12.0. The van der Waals surface area contributed by atoms with Crippen LogP contribution in [0.15, 0.2) is 29.1 Å². The molecule has 0 bridgehead atoms. The van der Waals surface area contributed by atoms with Gasteiger partial charge in [-0.25, -0.2) is 4.79 Å². The lowest BCUT2D eigenvalue weighted by molar-refractivity contribution is 0.401. The van der Waals surface area contributed by atoms with Crippen molar-refractivity contribution in [3.05, 3.63) is 57.3 Å². The van der Waals surface area contributed by atoms with Crippen LogP contribution in [-0.2, 0) is 6.54 Å². The summed E-state index contributed by atoms with van der Waals surface area (Å²) in [7, 11) is 1.62. The van der Waals surface area contributed by atoms with E-state index in [1.807, 2.05) is 45.0 Å². The molecule has 0 radical (unpaired) electrons. The zero-order valence-electron chi connectivity index (χ0n) is 12.9. The molecule has 5 heteroatoms. The number of nitrogens with zero attached hydrogens (tertiary/aromatic N) is 2. The molecule has 1 heterocycles. The molecule has 21 heavy (non-hydrogen) atoms. The van der Waals surface area contributed by atoms with Gasteiger partial charge in [0.15, 0.2) is 0 Å². The molecule has 2 N–H and O–H groups in total. The topological polar surface area (TPSA) is 70.1 Å². The third kappa shape index (κ3) is 3.31. The second kappa shape index (κ2) is 6.10. The Morgan fingerprint density at radius 3 is 2.62 bits per heavy atom. The van der Waals surface area contributed by atoms with E-state index in [4.69, 9.17) is 10.5 Å². The second-order valence-corrected chi connectivity index (χ2v) is 5.28. The van der Waals surface area contributed by atoms with Gasteiger partial charge in [0, 0.05) is 23.5 Å². The van der Waals surface area contributed by atoms with Crippen molar-refractivity contribution in [1.29, 1.82) is 0 Å². The fraction of sp³-hybridized carbons (Fsp3) is 0.375. The Labute approximate surface area is 124 Å². The first-order valence-corrected chi connectivity index (χ1v) is 6.87. The third-order valence-electron chi connectivity index (χ3n) is 3.51. The van der Waals surface area contributed by atoms with E-state index in [-0.39, 0.29) is 11.7 Å². The van der Waals surface area contributed by atoms with Crippen molar-refractivity contribution < 1.29 is 4.74 Å². The quantitative estimate of drug-likeness (QED) is 0.932. The Morgan fingerprint density at radius 1 is 1.29 bits per heavy atom. The lowest BCUT2D eigenvalue weighted by atomic mass is 10.0. The lowest BCUT2D eigenvalue weighted by Crippen LogP contribution is -2.30. The van der Waals surface area contributed by atoms with Crippen molar-refractivity contribution in [1.82, 2.24) is 9.55 Å². The highest BCUT2D eigenvalue weighted by Gasteiger charge is 2.15. The van der Waals surface area contributed by atoms with E-state index in [0.29, 0.717) is 6.54 Å². The van der Waals surface area contributed by atoms with Crippen LogP contribution in [-0.4, -0.2) is 16.7 Å². The molecule has 0 spiro atoms. The number of hydrogen-bond acceptors (Lipinski definition) is 4. The van der Waals surface area contributed by atoms with E-state index < -0.39 is 0 Å². The van der Waals surface area contributed by atoms with Crippen LogP contribution >= 0.6 is 0 Å². The van der Waals surface area contributed by atoms with Gasteiger partial charge in [-0.3, -0.25) is 4.57 Å². The molecule has 0 fully saturated rings. The Hall–Kier alpha value is -2.14. The molecule has 0 saturated carbocycles. The van der Waals surface area contributed by atoms with Gasteiger partial charge in [-0.2, -0.15) is 4.98 Å².